The van der Waals surface area contributed by atoms with Gasteiger partial charge in [0.15, 0.2) is 5.78 Å². The van der Waals surface area contributed by atoms with Crippen LogP contribution in [0.15, 0.2) is 54.9 Å². The number of carbonyl (C=O) groups is 1. The molecule has 2 rings (SSSR count). The van der Waals surface area contributed by atoms with Crippen LogP contribution in [0.2, 0.25) is 0 Å². The first-order valence-electron chi connectivity index (χ1n) is 6.06. The highest BCUT2D eigenvalue weighted by Gasteiger charge is 2.02. The Bertz CT molecular complexity index is 571. The Kier molecular flexibility index (Phi) is 4.08. The molecule has 1 aromatic heterocycles. The second kappa shape index (κ2) is 5.96. The van der Waals surface area contributed by atoms with Crippen LogP contribution in [-0.4, -0.2) is 24.9 Å². The van der Waals surface area contributed by atoms with Crippen LogP contribution in [0.3, 0.4) is 0 Å². The van der Waals surface area contributed by atoms with Gasteiger partial charge in [-0.15, -0.1) is 0 Å². The SMILES string of the molecule is CN(C)c1ccc(C(=O)/C=C\c2ccncc2)cc1. The van der Waals surface area contributed by atoms with Crippen LogP contribution in [-0.2, 0) is 0 Å². The van der Waals surface area contributed by atoms with Crippen LogP contribution in [0.4, 0.5) is 5.69 Å². The summed E-state index contributed by atoms with van der Waals surface area (Å²) >= 11 is 0. The summed E-state index contributed by atoms with van der Waals surface area (Å²) in [4.78, 5) is 17.9. The third kappa shape index (κ3) is 3.52. The molecule has 0 bridgehead atoms. The minimum Gasteiger partial charge on any atom is -0.378 e. The van der Waals surface area contributed by atoms with Gasteiger partial charge in [-0.05, 0) is 48.0 Å². The highest BCUT2D eigenvalue weighted by atomic mass is 16.1. The normalized spacial score (nSPS) is 10.6. The number of hydrogen-bond donors (Lipinski definition) is 0. The molecule has 0 radical (unpaired) electrons. The molecule has 3 heteroatoms. The molecule has 0 unspecified atom stereocenters. The molecule has 0 fully saturated rings. The second-order valence-electron chi connectivity index (χ2n) is 4.42. The molecule has 0 saturated heterocycles. The number of aromatic nitrogens is 1. The van der Waals surface area contributed by atoms with Crippen molar-refractivity contribution >= 4 is 17.5 Å². The monoisotopic (exact) mass is 252 g/mol. The fourth-order valence-electron chi connectivity index (χ4n) is 1.67. The first kappa shape index (κ1) is 13.0. The van der Waals surface area contributed by atoms with E-state index in [2.05, 4.69) is 4.98 Å². The van der Waals surface area contributed by atoms with Gasteiger partial charge in [-0.1, -0.05) is 6.08 Å². The summed E-state index contributed by atoms with van der Waals surface area (Å²) in [6.07, 6.45) is 6.79. The summed E-state index contributed by atoms with van der Waals surface area (Å²) in [5, 5.41) is 0. The lowest BCUT2D eigenvalue weighted by molar-refractivity contribution is 0.104. The van der Waals surface area contributed by atoms with Crippen molar-refractivity contribution in [3.8, 4) is 0 Å². The second-order valence-corrected chi connectivity index (χ2v) is 4.42. The molecule has 0 atom stereocenters. The zero-order valence-electron chi connectivity index (χ0n) is 11.1. The summed E-state index contributed by atoms with van der Waals surface area (Å²) in [7, 11) is 3.94. The van der Waals surface area contributed by atoms with Gasteiger partial charge >= 0.3 is 0 Å². The van der Waals surface area contributed by atoms with Crippen molar-refractivity contribution in [1.29, 1.82) is 0 Å². The molecule has 0 spiro atoms. The van der Waals surface area contributed by atoms with Crippen LogP contribution in [0.5, 0.6) is 0 Å². The minimum absolute atomic E-state index is 0.00196. The molecular weight excluding hydrogens is 236 g/mol. The molecule has 0 aliphatic heterocycles. The molecular formula is C16H16N2O. The van der Waals surface area contributed by atoms with Crippen molar-refractivity contribution in [2.45, 2.75) is 0 Å². The van der Waals surface area contributed by atoms with E-state index in [9.17, 15) is 4.79 Å². The van der Waals surface area contributed by atoms with E-state index >= 15 is 0 Å². The van der Waals surface area contributed by atoms with Crippen molar-refractivity contribution in [3.05, 3.63) is 66.0 Å². The predicted molar refractivity (Wildman–Crippen MR) is 78.4 cm³/mol. The first-order valence-corrected chi connectivity index (χ1v) is 6.06. The molecule has 1 heterocycles. The van der Waals surface area contributed by atoms with E-state index in [0.717, 1.165) is 11.3 Å². The maximum absolute atomic E-state index is 12.0. The van der Waals surface area contributed by atoms with Gasteiger partial charge in [-0.25, -0.2) is 0 Å². The Balaban J connectivity index is 2.10. The fraction of sp³-hybridized carbons (Fsp3) is 0.125. The van der Waals surface area contributed by atoms with Crippen LogP contribution < -0.4 is 4.90 Å². The zero-order chi connectivity index (χ0) is 13.7. The van der Waals surface area contributed by atoms with Crippen LogP contribution >= 0.6 is 0 Å². The average molecular weight is 252 g/mol. The van der Waals surface area contributed by atoms with Crippen molar-refractivity contribution < 1.29 is 4.79 Å². The lowest BCUT2D eigenvalue weighted by Gasteiger charge is -2.11. The third-order valence-corrected chi connectivity index (χ3v) is 2.80. The molecule has 0 saturated carbocycles. The Morgan fingerprint density at radius 2 is 1.68 bits per heavy atom. The van der Waals surface area contributed by atoms with Gasteiger partial charge in [-0.2, -0.15) is 0 Å². The van der Waals surface area contributed by atoms with Crippen molar-refractivity contribution in [2.75, 3.05) is 19.0 Å². The van der Waals surface area contributed by atoms with Gasteiger partial charge in [-0.3, -0.25) is 9.78 Å². The molecule has 0 aliphatic carbocycles. The maximum Gasteiger partial charge on any atom is 0.185 e. The third-order valence-electron chi connectivity index (χ3n) is 2.80. The highest BCUT2D eigenvalue weighted by Crippen LogP contribution is 2.13. The van der Waals surface area contributed by atoms with Gasteiger partial charge in [0.2, 0.25) is 0 Å². The van der Waals surface area contributed by atoms with E-state index < -0.39 is 0 Å². The highest BCUT2D eigenvalue weighted by molar-refractivity contribution is 6.06. The number of allylic oxidation sites excluding steroid dienone is 1. The minimum atomic E-state index is 0.00196. The number of pyridine rings is 1. The molecule has 1 aromatic carbocycles. The van der Waals surface area contributed by atoms with Gasteiger partial charge in [0, 0.05) is 37.7 Å². The molecule has 3 nitrogen and oxygen atoms in total. The van der Waals surface area contributed by atoms with Crippen LogP contribution in [0.25, 0.3) is 6.08 Å². The van der Waals surface area contributed by atoms with Gasteiger partial charge < -0.3 is 4.90 Å². The van der Waals surface area contributed by atoms with Gasteiger partial charge in [0.1, 0.15) is 0 Å². The Labute approximate surface area is 113 Å². The van der Waals surface area contributed by atoms with Crippen LogP contribution in [0.1, 0.15) is 15.9 Å². The van der Waals surface area contributed by atoms with Crippen molar-refractivity contribution in [3.63, 3.8) is 0 Å². The van der Waals surface area contributed by atoms with Crippen molar-refractivity contribution in [2.24, 2.45) is 0 Å². The number of anilines is 1. The number of nitrogens with zero attached hydrogens (tertiary/aromatic N) is 2. The number of benzene rings is 1. The summed E-state index contributed by atoms with van der Waals surface area (Å²) in [5.74, 6) is 0.00196. The lowest BCUT2D eigenvalue weighted by atomic mass is 10.1. The molecule has 19 heavy (non-hydrogen) atoms. The first-order chi connectivity index (χ1) is 9.16. The fourth-order valence-corrected chi connectivity index (χ4v) is 1.67. The number of hydrogen-bond acceptors (Lipinski definition) is 3. The summed E-state index contributed by atoms with van der Waals surface area (Å²) in [6, 6.07) is 11.3. The van der Waals surface area contributed by atoms with Crippen LogP contribution in [0, 0.1) is 0 Å². The molecule has 0 aliphatic rings. The number of carbonyl (C=O) groups excluding carboxylic acids is 1. The van der Waals surface area contributed by atoms with E-state index in [-0.39, 0.29) is 5.78 Å². The topological polar surface area (TPSA) is 33.2 Å². The van der Waals surface area contributed by atoms with E-state index in [1.165, 1.54) is 0 Å². The smallest absolute Gasteiger partial charge is 0.185 e. The summed E-state index contributed by atoms with van der Waals surface area (Å²) in [5.41, 5.74) is 2.74. The van der Waals surface area contributed by atoms with E-state index in [1.807, 2.05) is 55.4 Å². The molecule has 2 aromatic rings. The molecule has 0 N–H and O–H groups in total. The average Bonchev–Trinajstić information content (AvgIpc) is 2.46. The quantitative estimate of drug-likeness (QED) is 0.619. The largest absolute Gasteiger partial charge is 0.378 e. The van der Waals surface area contributed by atoms with Gasteiger partial charge in [0.25, 0.3) is 0 Å². The zero-order valence-corrected chi connectivity index (χ0v) is 11.1. The Morgan fingerprint density at radius 1 is 1.05 bits per heavy atom. The van der Waals surface area contributed by atoms with Gasteiger partial charge in [0.05, 0.1) is 0 Å². The Hall–Kier alpha value is -2.42. The summed E-state index contributed by atoms with van der Waals surface area (Å²) in [6.45, 7) is 0. The van der Waals surface area contributed by atoms with E-state index in [4.69, 9.17) is 0 Å². The standard InChI is InChI=1S/C16H16N2O/c1-18(2)15-6-4-14(5-7-15)16(19)8-3-13-9-11-17-12-10-13/h3-12H,1-2H3/b8-3-. The molecule has 0 amide bonds. The van der Waals surface area contributed by atoms with E-state index in [0.29, 0.717) is 5.56 Å². The summed E-state index contributed by atoms with van der Waals surface area (Å²) < 4.78 is 0. The van der Waals surface area contributed by atoms with Crippen molar-refractivity contribution in [1.82, 2.24) is 4.98 Å². The number of ketones is 1. The number of rotatable bonds is 4. The molecule has 96 valence electrons. The van der Waals surface area contributed by atoms with E-state index in [1.54, 1.807) is 24.5 Å². The predicted octanol–water partition coefficient (Wildman–Crippen LogP) is 3.04. The Morgan fingerprint density at radius 3 is 2.26 bits per heavy atom. The maximum atomic E-state index is 12.0. The lowest BCUT2D eigenvalue weighted by Crippen LogP contribution is -2.08.